The van der Waals surface area contributed by atoms with Crippen molar-refractivity contribution in [1.29, 1.82) is 0 Å². The van der Waals surface area contributed by atoms with Gasteiger partial charge in [0, 0.05) is 11.8 Å². The molecule has 1 aromatic carbocycles. The lowest BCUT2D eigenvalue weighted by molar-refractivity contribution is -0.135. The molecule has 2 atom stereocenters. The summed E-state index contributed by atoms with van der Waals surface area (Å²) in [5, 5.41) is -0.295. The van der Waals surface area contributed by atoms with Crippen molar-refractivity contribution in [2.75, 3.05) is 18.6 Å². The molecule has 0 amide bonds. The van der Waals surface area contributed by atoms with Crippen LogP contribution < -0.4 is 14.4 Å². The molecule has 0 saturated carbocycles. The molecule has 0 N–H and O–H groups in total. The number of hydrogen-bond acceptors (Lipinski definition) is 6. The van der Waals surface area contributed by atoms with Gasteiger partial charge < -0.3 is 19.1 Å². The summed E-state index contributed by atoms with van der Waals surface area (Å²) in [5.41, 5.74) is 2.66. The Bertz CT molecular complexity index is 705. The number of rotatable bonds is 5. The van der Waals surface area contributed by atoms with Gasteiger partial charge in [0.2, 0.25) is 0 Å². The molecular weight excluding hydrogens is 388 g/mol. The Labute approximate surface area is 156 Å². The Balaban J connectivity index is 1.97. The third kappa shape index (κ3) is 3.34. The van der Waals surface area contributed by atoms with Gasteiger partial charge in [-0.05, 0) is 61.2 Å². The number of fused-ring (bicyclic) bond motifs is 3. The Hall–Kier alpha value is -1.76. The van der Waals surface area contributed by atoms with Crippen LogP contribution in [0.25, 0.3) is 0 Å². The molecule has 0 radical (unpaired) electrons. The first kappa shape index (κ1) is 18.0. The number of ether oxygens (including phenoxy) is 3. The van der Waals surface area contributed by atoms with Crippen LogP contribution in [-0.2, 0) is 16.0 Å². The minimum Gasteiger partial charge on any atom is -0.493 e. The van der Waals surface area contributed by atoms with Crippen LogP contribution in [0.3, 0.4) is 0 Å². The van der Waals surface area contributed by atoms with E-state index in [2.05, 4.69) is 25.8 Å². The molecule has 1 aromatic rings. The number of aryl methyl sites for hydroxylation is 1. The molecular formula is C18H23BrN2O4. The van der Waals surface area contributed by atoms with Crippen LogP contribution in [0.4, 0.5) is 5.69 Å². The van der Waals surface area contributed by atoms with Crippen LogP contribution in [0, 0.1) is 0 Å². The van der Waals surface area contributed by atoms with E-state index in [0.29, 0.717) is 18.1 Å². The van der Waals surface area contributed by atoms with Crippen LogP contribution in [0.5, 0.6) is 11.5 Å². The van der Waals surface area contributed by atoms with Gasteiger partial charge in [-0.2, -0.15) is 0 Å². The maximum absolute atomic E-state index is 12.2. The molecule has 25 heavy (non-hydrogen) atoms. The molecule has 2 aliphatic rings. The topological polar surface area (TPSA) is 60.4 Å². The smallest absolute Gasteiger partial charge is 0.354 e. The van der Waals surface area contributed by atoms with E-state index < -0.39 is 0 Å². The van der Waals surface area contributed by atoms with Gasteiger partial charge in [-0.1, -0.05) is 0 Å². The zero-order valence-corrected chi connectivity index (χ0v) is 16.5. The highest BCUT2D eigenvalue weighted by molar-refractivity contribution is 9.09. The number of aliphatic imine (C=N–C) groups is 1. The maximum atomic E-state index is 12.2. The summed E-state index contributed by atoms with van der Waals surface area (Å²) >= 11 is 3.58. The molecule has 0 aliphatic carbocycles. The molecule has 6 nitrogen and oxygen atoms in total. The van der Waals surface area contributed by atoms with Gasteiger partial charge in [0.1, 0.15) is 5.71 Å². The van der Waals surface area contributed by atoms with E-state index in [4.69, 9.17) is 14.2 Å². The number of halogens is 1. The van der Waals surface area contributed by atoms with E-state index >= 15 is 0 Å². The lowest BCUT2D eigenvalue weighted by atomic mass is 9.93. The first-order valence-corrected chi connectivity index (χ1v) is 9.42. The Morgan fingerprint density at radius 2 is 2.16 bits per heavy atom. The minimum atomic E-state index is -0.338. The molecule has 3 rings (SSSR count). The number of carbonyl (C=O) groups is 1. The van der Waals surface area contributed by atoms with Crippen LogP contribution in [0.1, 0.15) is 32.8 Å². The lowest BCUT2D eigenvalue weighted by Gasteiger charge is -2.36. The van der Waals surface area contributed by atoms with Gasteiger partial charge in [0.05, 0.1) is 25.9 Å². The zero-order chi connectivity index (χ0) is 18.1. The number of hydrogen-bond donors (Lipinski definition) is 0. The highest BCUT2D eigenvalue weighted by Crippen LogP contribution is 2.44. The van der Waals surface area contributed by atoms with Crippen molar-refractivity contribution in [3.63, 3.8) is 0 Å². The highest BCUT2D eigenvalue weighted by Gasteiger charge is 2.42. The first-order chi connectivity index (χ1) is 12.0. The minimum absolute atomic E-state index is 0.0380. The van der Waals surface area contributed by atoms with Crippen molar-refractivity contribution in [3.8, 4) is 11.5 Å². The number of benzene rings is 1. The van der Waals surface area contributed by atoms with Crippen LogP contribution in [-0.4, -0.2) is 42.6 Å². The second-order valence-corrected chi connectivity index (χ2v) is 7.12. The SMILES string of the molecule is CCOC(=O)C1=NC(Br)N2c3cc(OC(C)C)c(OC)cc3CCC12. The normalized spacial score (nSPS) is 21.5. The average Bonchev–Trinajstić information content (AvgIpc) is 2.91. The van der Waals surface area contributed by atoms with E-state index in [9.17, 15) is 4.79 Å². The van der Waals surface area contributed by atoms with Crippen molar-refractivity contribution in [2.24, 2.45) is 4.99 Å². The molecule has 0 fully saturated rings. The lowest BCUT2D eigenvalue weighted by Crippen LogP contribution is -2.44. The first-order valence-electron chi connectivity index (χ1n) is 8.51. The number of methoxy groups -OCH3 is 1. The summed E-state index contributed by atoms with van der Waals surface area (Å²) in [6.07, 6.45) is 1.68. The van der Waals surface area contributed by atoms with Crippen LogP contribution in [0.2, 0.25) is 0 Å². The van der Waals surface area contributed by atoms with Gasteiger partial charge >= 0.3 is 5.97 Å². The third-order valence-electron chi connectivity index (χ3n) is 4.30. The zero-order valence-electron chi connectivity index (χ0n) is 14.9. The van der Waals surface area contributed by atoms with Crippen LogP contribution in [0.15, 0.2) is 17.1 Å². The van der Waals surface area contributed by atoms with Crippen molar-refractivity contribution in [1.82, 2.24) is 0 Å². The summed E-state index contributed by atoms with van der Waals surface area (Å²) in [7, 11) is 1.64. The van der Waals surface area contributed by atoms with E-state index in [1.807, 2.05) is 26.0 Å². The van der Waals surface area contributed by atoms with E-state index in [-0.39, 0.29) is 23.2 Å². The second kappa shape index (κ2) is 7.23. The van der Waals surface area contributed by atoms with Gasteiger partial charge in [0.25, 0.3) is 0 Å². The van der Waals surface area contributed by atoms with E-state index in [0.717, 1.165) is 29.8 Å². The van der Waals surface area contributed by atoms with Crippen molar-refractivity contribution in [2.45, 2.75) is 50.8 Å². The summed E-state index contributed by atoms with van der Waals surface area (Å²) in [6, 6.07) is 3.92. The fourth-order valence-corrected chi connectivity index (χ4v) is 4.05. The van der Waals surface area contributed by atoms with Crippen molar-refractivity contribution < 1.29 is 19.0 Å². The summed E-state index contributed by atoms with van der Waals surface area (Å²) in [5.74, 6) is 1.08. The Morgan fingerprint density at radius 1 is 1.40 bits per heavy atom. The summed E-state index contributed by atoms with van der Waals surface area (Å²) in [4.78, 5) is 18.8. The molecule has 136 valence electrons. The number of carbonyl (C=O) groups excluding carboxylic acids is 1. The second-order valence-electron chi connectivity index (χ2n) is 6.31. The Kier molecular flexibility index (Phi) is 5.22. The van der Waals surface area contributed by atoms with Gasteiger partial charge in [-0.3, -0.25) is 0 Å². The van der Waals surface area contributed by atoms with Gasteiger partial charge in [-0.15, -0.1) is 0 Å². The largest absolute Gasteiger partial charge is 0.493 e. The van der Waals surface area contributed by atoms with E-state index in [1.165, 1.54) is 0 Å². The molecule has 2 heterocycles. The van der Waals surface area contributed by atoms with Gasteiger partial charge in [-0.25, -0.2) is 9.79 Å². The standard InChI is InChI=1S/C18H23BrN2O4/c1-5-24-17(22)16-12-7-6-11-8-14(23-4)15(25-10(2)3)9-13(11)21(12)18(19)20-16/h8-10,12,18H,5-7H2,1-4H3. The predicted molar refractivity (Wildman–Crippen MR) is 100 cm³/mol. The summed E-state index contributed by atoms with van der Waals surface area (Å²) in [6.45, 7) is 6.10. The molecule has 2 aliphatic heterocycles. The summed E-state index contributed by atoms with van der Waals surface area (Å²) < 4.78 is 16.5. The molecule has 2 unspecified atom stereocenters. The average molecular weight is 411 g/mol. The fraction of sp³-hybridized carbons (Fsp3) is 0.556. The molecule has 0 saturated heterocycles. The molecule has 0 bridgehead atoms. The van der Waals surface area contributed by atoms with Crippen molar-refractivity contribution in [3.05, 3.63) is 17.7 Å². The monoisotopic (exact) mass is 410 g/mol. The van der Waals surface area contributed by atoms with Crippen LogP contribution >= 0.6 is 15.9 Å². The van der Waals surface area contributed by atoms with Crippen molar-refractivity contribution >= 4 is 33.3 Å². The third-order valence-corrected chi connectivity index (χ3v) is 4.95. The number of esters is 1. The molecule has 7 heteroatoms. The van der Waals surface area contributed by atoms with Gasteiger partial charge in [0.15, 0.2) is 16.6 Å². The number of anilines is 1. The predicted octanol–water partition coefficient (Wildman–Crippen LogP) is 3.30. The van der Waals surface area contributed by atoms with E-state index in [1.54, 1.807) is 14.0 Å². The fourth-order valence-electron chi connectivity index (χ4n) is 3.33. The quantitative estimate of drug-likeness (QED) is 0.423. The Morgan fingerprint density at radius 3 is 2.80 bits per heavy atom. The molecule has 0 spiro atoms. The number of alkyl halides is 1. The number of nitrogens with zero attached hydrogens (tertiary/aromatic N) is 2. The molecule has 0 aromatic heterocycles. The highest BCUT2D eigenvalue weighted by atomic mass is 79.9. The maximum Gasteiger partial charge on any atom is 0.354 e.